The number of aromatic carboxylic acids is 1. The number of nitrogens with zero attached hydrogens (tertiary/aromatic N) is 1. The molecule has 2 aliphatic rings. The summed E-state index contributed by atoms with van der Waals surface area (Å²) in [6.07, 6.45) is 5.11. The molecule has 0 spiro atoms. The molecule has 0 fully saturated rings. The third-order valence-corrected chi connectivity index (χ3v) is 3.68. The van der Waals surface area contributed by atoms with E-state index in [0.29, 0.717) is 0 Å². The van der Waals surface area contributed by atoms with Gasteiger partial charge in [0.05, 0.1) is 10.3 Å². The first kappa shape index (κ1) is 16.0. The van der Waals surface area contributed by atoms with Crippen LogP contribution in [0.2, 0.25) is 0 Å². The Kier molecular flexibility index (Phi) is 3.79. The molecule has 25 heavy (non-hydrogen) atoms. The van der Waals surface area contributed by atoms with Crippen molar-refractivity contribution in [1.29, 1.82) is 0 Å². The molecule has 0 bridgehead atoms. The number of benzene rings is 2. The van der Waals surface area contributed by atoms with Gasteiger partial charge in [-0.05, 0) is 23.3 Å². The van der Waals surface area contributed by atoms with Crippen LogP contribution >= 0.6 is 0 Å². The predicted molar refractivity (Wildman–Crippen MR) is 91.6 cm³/mol. The summed E-state index contributed by atoms with van der Waals surface area (Å²) in [5.74, 6) is 0.538. The molecule has 7 heteroatoms. The SMILES string of the molecule is C#Cc1c(C(=O)O)[nH]c2c([N+](=O)[O-])cccc2c1=O.c1cc2cc-2c1. The molecule has 0 aliphatic heterocycles. The Morgan fingerprint density at radius 2 is 1.84 bits per heavy atom. The number of fused-ring (bicyclic) bond motifs is 2. The maximum Gasteiger partial charge on any atom is 0.353 e. The number of H-pyrrole nitrogens is 1. The second kappa shape index (κ2) is 5.94. The van der Waals surface area contributed by atoms with Gasteiger partial charge < -0.3 is 10.1 Å². The summed E-state index contributed by atoms with van der Waals surface area (Å²) in [7, 11) is 0. The minimum absolute atomic E-state index is 0.0212. The van der Waals surface area contributed by atoms with Gasteiger partial charge in [-0.3, -0.25) is 14.9 Å². The Hall–Kier alpha value is -3.92. The topological polar surface area (TPSA) is 113 Å². The number of terminal acetylenes is 1. The Bertz CT molecular complexity index is 1120. The molecule has 0 unspecified atom stereocenters. The van der Waals surface area contributed by atoms with E-state index >= 15 is 0 Å². The van der Waals surface area contributed by atoms with Gasteiger partial charge in [-0.2, -0.15) is 0 Å². The van der Waals surface area contributed by atoms with Crippen molar-refractivity contribution >= 4 is 22.6 Å². The number of aromatic amines is 1. The second-order valence-electron chi connectivity index (χ2n) is 5.19. The van der Waals surface area contributed by atoms with Crippen LogP contribution in [-0.2, 0) is 0 Å². The predicted octanol–water partition coefficient (Wildman–Crippen LogP) is 2.78. The molecule has 1 aromatic carbocycles. The van der Waals surface area contributed by atoms with Gasteiger partial charge in [0.1, 0.15) is 16.8 Å². The van der Waals surface area contributed by atoms with Crippen molar-refractivity contribution in [2.24, 2.45) is 0 Å². The van der Waals surface area contributed by atoms with Gasteiger partial charge in [-0.1, -0.05) is 30.2 Å². The van der Waals surface area contributed by atoms with Crippen LogP contribution in [0.5, 0.6) is 0 Å². The number of carboxylic acids is 1. The van der Waals surface area contributed by atoms with Crippen LogP contribution in [-0.4, -0.2) is 21.0 Å². The van der Waals surface area contributed by atoms with Crippen LogP contribution in [0.4, 0.5) is 5.69 Å². The van der Waals surface area contributed by atoms with Crippen molar-refractivity contribution in [2.75, 3.05) is 0 Å². The number of nitrogens with one attached hydrogen (secondary N) is 1. The molecule has 0 atom stereocenters. The first-order valence-corrected chi connectivity index (χ1v) is 7.07. The number of carboxylic acid groups (broad SMARTS) is 1. The van der Waals surface area contributed by atoms with Crippen molar-refractivity contribution < 1.29 is 14.8 Å². The summed E-state index contributed by atoms with van der Waals surface area (Å²) in [6.45, 7) is 0. The zero-order valence-corrected chi connectivity index (χ0v) is 12.6. The van der Waals surface area contributed by atoms with E-state index in [4.69, 9.17) is 11.5 Å². The number of nitro groups is 1. The first-order chi connectivity index (χ1) is 11.9. The molecule has 4 rings (SSSR count). The summed E-state index contributed by atoms with van der Waals surface area (Å²) in [5.41, 5.74) is 0.687. The number of carbonyl (C=O) groups is 1. The fraction of sp³-hybridized carbons (Fsp3) is 0. The number of hydrogen-bond acceptors (Lipinski definition) is 4. The van der Waals surface area contributed by atoms with Crippen LogP contribution in [0, 0.1) is 22.5 Å². The maximum absolute atomic E-state index is 12.0. The normalized spacial score (nSPS) is 10.4. The Labute approximate surface area is 140 Å². The fourth-order valence-electron chi connectivity index (χ4n) is 2.42. The molecular formula is C18H10N2O5. The van der Waals surface area contributed by atoms with Gasteiger partial charge in [0.2, 0.25) is 5.43 Å². The van der Waals surface area contributed by atoms with Crippen molar-refractivity contribution in [2.45, 2.75) is 0 Å². The van der Waals surface area contributed by atoms with Crippen LogP contribution < -0.4 is 5.43 Å². The molecule has 0 saturated heterocycles. The summed E-state index contributed by atoms with van der Waals surface area (Å²) in [6, 6.07) is 12.3. The highest BCUT2D eigenvalue weighted by molar-refractivity contribution is 5.95. The monoisotopic (exact) mass is 334 g/mol. The second-order valence-corrected chi connectivity index (χ2v) is 5.19. The highest BCUT2D eigenvalue weighted by Gasteiger charge is 2.20. The Balaban J connectivity index is 0.000000250. The van der Waals surface area contributed by atoms with Crippen LogP contribution in [0.1, 0.15) is 16.1 Å². The molecular weight excluding hydrogens is 324 g/mol. The lowest BCUT2D eigenvalue weighted by Gasteiger charge is -2.04. The van der Waals surface area contributed by atoms with E-state index in [0.717, 1.165) is 0 Å². The molecule has 122 valence electrons. The maximum atomic E-state index is 12.0. The van der Waals surface area contributed by atoms with E-state index in [-0.39, 0.29) is 22.2 Å². The summed E-state index contributed by atoms with van der Waals surface area (Å²) < 4.78 is 0. The molecule has 1 heterocycles. The molecule has 1 aromatic heterocycles. The van der Waals surface area contributed by atoms with E-state index < -0.39 is 22.0 Å². The van der Waals surface area contributed by atoms with E-state index in [1.807, 2.05) is 5.92 Å². The molecule has 0 radical (unpaired) electrons. The molecule has 2 aliphatic carbocycles. The quantitative estimate of drug-likeness (QED) is 0.332. The van der Waals surface area contributed by atoms with Gasteiger partial charge in [0, 0.05) is 6.07 Å². The van der Waals surface area contributed by atoms with Gasteiger partial charge in [-0.25, -0.2) is 4.79 Å². The lowest BCUT2D eigenvalue weighted by molar-refractivity contribution is -0.383. The minimum atomic E-state index is -1.45. The molecule has 2 N–H and O–H groups in total. The van der Waals surface area contributed by atoms with Crippen LogP contribution in [0.25, 0.3) is 22.0 Å². The summed E-state index contributed by atoms with van der Waals surface area (Å²) >= 11 is 0. The lowest BCUT2D eigenvalue weighted by Crippen LogP contribution is -2.16. The van der Waals surface area contributed by atoms with E-state index in [1.165, 1.54) is 29.3 Å². The first-order valence-electron chi connectivity index (χ1n) is 7.07. The summed E-state index contributed by atoms with van der Waals surface area (Å²) in [4.78, 5) is 35.5. The third kappa shape index (κ3) is 2.84. The van der Waals surface area contributed by atoms with E-state index in [2.05, 4.69) is 29.2 Å². The average Bonchev–Trinajstić information content (AvgIpc) is 3.19. The Morgan fingerprint density at radius 3 is 2.28 bits per heavy atom. The third-order valence-electron chi connectivity index (χ3n) is 3.68. The van der Waals surface area contributed by atoms with Gasteiger partial charge in [0.25, 0.3) is 5.69 Å². The van der Waals surface area contributed by atoms with Crippen molar-refractivity contribution in [3.05, 3.63) is 74.1 Å². The molecule has 0 amide bonds. The van der Waals surface area contributed by atoms with Crippen molar-refractivity contribution in [1.82, 2.24) is 4.98 Å². The number of pyridine rings is 1. The molecule has 7 nitrogen and oxygen atoms in total. The number of non-ortho nitro benzene ring substituents is 1. The smallest absolute Gasteiger partial charge is 0.353 e. The Morgan fingerprint density at radius 1 is 1.20 bits per heavy atom. The number of nitro benzene ring substituents is 1. The number of aromatic nitrogens is 1. The van der Waals surface area contributed by atoms with E-state index in [9.17, 15) is 19.7 Å². The average molecular weight is 334 g/mol. The fourth-order valence-corrected chi connectivity index (χ4v) is 2.42. The van der Waals surface area contributed by atoms with E-state index in [1.54, 1.807) is 0 Å². The van der Waals surface area contributed by atoms with Crippen LogP contribution in [0.3, 0.4) is 0 Å². The van der Waals surface area contributed by atoms with Gasteiger partial charge in [0.15, 0.2) is 0 Å². The molecule has 0 saturated carbocycles. The number of hydrogen-bond donors (Lipinski definition) is 2. The highest BCUT2D eigenvalue weighted by Crippen LogP contribution is 2.32. The van der Waals surface area contributed by atoms with Gasteiger partial charge >= 0.3 is 5.97 Å². The lowest BCUT2D eigenvalue weighted by atomic mass is 10.1. The summed E-state index contributed by atoms with van der Waals surface area (Å²) in [5, 5.41) is 19.8. The standard InChI is InChI=1S/C12H6N2O5.C6H4/c1-2-6-10(12(16)17)13-9-7(11(6)15)4-3-5-8(9)14(18)19;1-2-5-4-6(5)3-1/h1,3-5H,(H,13,15)(H,16,17);1-4H. The van der Waals surface area contributed by atoms with Gasteiger partial charge in [-0.15, -0.1) is 6.42 Å². The zero-order chi connectivity index (χ0) is 18.1. The largest absolute Gasteiger partial charge is 0.477 e. The minimum Gasteiger partial charge on any atom is -0.477 e. The van der Waals surface area contributed by atoms with Crippen molar-refractivity contribution in [3.63, 3.8) is 0 Å². The highest BCUT2D eigenvalue weighted by atomic mass is 16.6. The number of rotatable bonds is 2. The number of para-hydroxylation sites is 1. The van der Waals surface area contributed by atoms with Crippen molar-refractivity contribution in [3.8, 4) is 23.5 Å². The zero-order valence-electron chi connectivity index (χ0n) is 12.6. The van der Waals surface area contributed by atoms with Crippen LogP contribution in [0.15, 0.2) is 47.3 Å². The molecule has 2 aromatic rings.